The first-order valence-corrected chi connectivity index (χ1v) is 15.9. The second-order valence-electron chi connectivity index (χ2n) is 10.6. The van der Waals surface area contributed by atoms with Gasteiger partial charge in [0.2, 0.25) is 11.8 Å². The second-order valence-corrected chi connectivity index (χ2v) is 13.2. The van der Waals surface area contributed by atoms with E-state index in [2.05, 4.69) is 5.32 Å². The Balaban J connectivity index is 1.58. The minimum absolute atomic E-state index is 0.0349. The van der Waals surface area contributed by atoms with Crippen LogP contribution in [0.15, 0.2) is 77.7 Å². The second kappa shape index (κ2) is 13.7. The van der Waals surface area contributed by atoms with Crippen molar-refractivity contribution < 1.29 is 22.8 Å². The molecule has 0 fully saturated rings. The molecule has 1 aliphatic heterocycles. The van der Waals surface area contributed by atoms with Gasteiger partial charge in [0.15, 0.2) is 0 Å². The average Bonchev–Trinajstić information content (AvgIpc) is 3.16. The Morgan fingerprint density at radius 3 is 2.29 bits per heavy atom. The van der Waals surface area contributed by atoms with Gasteiger partial charge in [0.05, 0.1) is 15.6 Å². The molecule has 0 radical (unpaired) electrons. The molecule has 3 aromatic rings. The van der Waals surface area contributed by atoms with Crippen molar-refractivity contribution in [1.82, 2.24) is 14.5 Å². The molecule has 0 aromatic heterocycles. The number of nitrogens with zero attached hydrogens (tertiary/aromatic N) is 2. The summed E-state index contributed by atoms with van der Waals surface area (Å²) in [5, 5.41) is 3.65. The third kappa shape index (κ3) is 7.32. The van der Waals surface area contributed by atoms with Crippen LogP contribution in [-0.4, -0.2) is 54.5 Å². The smallest absolute Gasteiger partial charge is 0.269 e. The van der Waals surface area contributed by atoms with Crippen molar-refractivity contribution in [1.29, 1.82) is 0 Å². The summed E-state index contributed by atoms with van der Waals surface area (Å²) in [5.74, 6) is -1.06. The number of benzene rings is 3. The zero-order chi connectivity index (χ0) is 30.4. The molecular weight excluding hydrogens is 597 g/mol. The molecule has 0 bridgehead atoms. The predicted molar refractivity (Wildman–Crippen MR) is 163 cm³/mol. The first-order chi connectivity index (χ1) is 20.0. The number of rotatable bonds is 12. The van der Waals surface area contributed by atoms with Gasteiger partial charge in [-0.05, 0) is 47.7 Å². The number of nitrogens with one attached hydrogen (secondary N) is 1. The highest BCUT2D eigenvalue weighted by molar-refractivity contribution is 7.90. The van der Waals surface area contributed by atoms with Gasteiger partial charge in [0.1, 0.15) is 10.9 Å². The van der Waals surface area contributed by atoms with E-state index in [0.717, 1.165) is 9.87 Å². The van der Waals surface area contributed by atoms with Gasteiger partial charge in [-0.2, -0.15) is 0 Å². The van der Waals surface area contributed by atoms with Crippen molar-refractivity contribution in [3.05, 3.63) is 99.5 Å². The van der Waals surface area contributed by atoms with Crippen LogP contribution in [0.4, 0.5) is 0 Å². The van der Waals surface area contributed by atoms with Gasteiger partial charge in [-0.25, -0.2) is 12.7 Å². The Morgan fingerprint density at radius 1 is 0.929 bits per heavy atom. The van der Waals surface area contributed by atoms with E-state index in [1.165, 1.54) is 17.0 Å². The summed E-state index contributed by atoms with van der Waals surface area (Å²) in [6, 6.07) is 19.6. The highest BCUT2D eigenvalue weighted by atomic mass is 35.5. The van der Waals surface area contributed by atoms with E-state index >= 15 is 0 Å². The maximum atomic E-state index is 13.8. The highest BCUT2D eigenvalue weighted by Crippen LogP contribution is 2.30. The van der Waals surface area contributed by atoms with Gasteiger partial charge in [0.25, 0.3) is 15.9 Å². The maximum absolute atomic E-state index is 13.8. The first kappa shape index (κ1) is 31.5. The normalized spacial score (nSPS) is 14.5. The number of hydrogen-bond acceptors (Lipinski definition) is 5. The molecule has 1 heterocycles. The molecule has 3 aromatic carbocycles. The van der Waals surface area contributed by atoms with Crippen LogP contribution >= 0.6 is 23.2 Å². The molecule has 0 saturated heterocycles. The molecule has 8 nitrogen and oxygen atoms in total. The Morgan fingerprint density at radius 2 is 1.62 bits per heavy atom. The molecule has 42 heavy (non-hydrogen) atoms. The van der Waals surface area contributed by atoms with Crippen molar-refractivity contribution in [3.63, 3.8) is 0 Å². The minimum Gasteiger partial charge on any atom is -0.354 e. The van der Waals surface area contributed by atoms with Crippen molar-refractivity contribution in [2.75, 3.05) is 13.1 Å². The molecule has 0 unspecified atom stereocenters. The lowest BCUT2D eigenvalue weighted by molar-refractivity contribution is -0.141. The van der Waals surface area contributed by atoms with Crippen LogP contribution in [0.25, 0.3) is 0 Å². The number of fused-ring (bicyclic) bond motifs is 1. The van der Waals surface area contributed by atoms with E-state index < -0.39 is 22.0 Å². The molecular formula is C31H33Cl2N3O5S. The van der Waals surface area contributed by atoms with E-state index in [0.29, 0.717) is 22.2 Å². The Labute approximate surface area is 256 Å². The van der Waals surface area contributed by atoms with Gasteiger partial charge in [-0.15, -0.1) is 0 Å². The largest absolute Gasteiger partial charge is 0.354 e. The topological polar surface area (TPSA) is 104 Å². The minimum atomic E-state index is -3.99. The number of halogens is 2. The van der Waals surface area contributed by atoms with E-state index in [9.17, 15) is 22.8 Å². The van der Waals surface area contributed by atoms with Gasteiger partial charge in [-0.3, -0.25) is 14.4 Å². The third-order valence-electron chi connectivity index (χ3n) is 6.96. The zero-order valence-electron chi connectivity index (χ0n) is 23.4. The molecule has 1 atom stereocenters. The fraction of sp³-hybridized carbons (Fsp3) is 0.323. The van der Waals surface area contributed by atoms with E-state index in [1.54, 1.807) is 30.3 Å². The molecule has 11 heteroatoms. The summed E-state index contributed by atoms with van der Waals surface area (Å²) >= 11 is 12.4. The van der Waals surface area contributed by atoms with Gasteiger partial charge >= 0.3 is 0 Å². The van der Waals surface area contributed by atoms with Crippen LogP contribution in [0.5, 0.6) is 0 Å². The van der Waals surface area contributed by atoms with Crippen LogP contribution in [0.1, 0.15) is 48.2 Å². The molecule has 0 saturated carbocycles. The van der Waals surface area contributed by atoms with E-state index in [4.69, 9.17) is 23.2 Å². The van der Waals surface area contributed by atoms with Crippen molar-refractivity contribution in [2.45, 2.75) is 50.6 Å². The number of carbonyl (C=O) groups is 3. The van der Waals surface area contributed by atoms with Crippen LogP contribution in [-0.2, 0) is 32.6 Å². The molecule has 0 spiro atoms. The van der Waals surface area contributed by atoms with Crippen molar-refractivity contribution >= 4 is 50.9 Å². The van der Waals surface area contributed by atoms with Crippen LogP contribution in [0, 0.1) is 5.92 Å². The summed E-state index contributed by atoms with van der Waals surface area (Å²) in [6.07, 6.45) is 0.271. The first-order valence-electron chi connectivity index (χ1n) is 13.7. The fourth-order valence-corrected chi connectivity index (χ4v) is 6.71. The van der Waals surface area contributed by atoms with Crippen molar-refractivity contribution in [3.8, 4) is 0 Å². The highest BCUT2D eigenvalue weighted by Gasteiger charge is 2.40. The third-order valence-corrected chi connectivity index (χ3v) is 9.54. The van der Waals surface area contributed by atoms with Crippen molar-refractivity contribution in [2.24, 2.45) is 5.92 Å². The molecule has 1 N–H and O–H groups in total. The lowest BCUT2D eigenvalue weighted by Gasteiger charge is -2.32. The fourth-order valence-electron chi connectivity index (χ4n) is 4.78. The van der Waals surface area contributed by atoms with Crippen LogP contribution in [0.3, 0.4) is 0 Å². The van der Waals surface area contributed by atoms with Gasteiger partial charge in [0, 0.05) is 32.5 Å². The number of hydrogen-bond donors (Lipinski definition) is 1. The summed E-state index contributed by atoms with van der Waals surface area (Å²) in [7, 11) is -3.99. The number of carbonyl (C=O) groups excluding carboxylic acids is 3. The Bertz CT molecular complexity index is 1560. The predicted octanol–water partition coefficient (Wildman–Crippen LogP) is 5.33. The standard InChI is InChI=1S/C31H33Cl2N3O5S/c1-21(2)19-34-30(38)27(18-22-9-4-3-5-10-22)35(20-23-14-15-25(32)26(33)17-23)29(37)13-8-16-36-31(39)24-11-6-7-12-28(24)42(36,40)41/h3-7,9-12,14-15,17,21,27H,8,13,16,18-20H2,1-2H3,(H,34,38)/t27-/m0/s1. The Hall–Kier alpha value is -3.40. The lowest BCUT2D eigenvalue weighted by atomic mass is 10.0. The van der Waals surface area contributed by atoms with E-state index in [1.807, 2.05) is 44.2 Å². The zero-order valence-corrected chi connectivity index (χ0v) is 25.8. The monoisotopic (exact) mass is 629 g/mol. The number of amides is 3. The molecule has 3 amide bonds. The number of sulfonamides is 1. The van der Waals surface area contributed by atoms with E-state index in [-0.39, 0.29) is 60.5 Å². The summed E-state index contributed by atoms with van der Waals surface area (Å²) in [6.45, 7) is 4.32. The van der Waals surface area contributed by atoms with Crippen LogP contribution < -0.4 is 5.32 Å². The SMILES string of the molecule is CC(C)CNC(=O)[C@H](Cc1ccccc1)N(Cc1ccc(Cl)c(Cl)c1)C(=O)CCCN1C(=O)c2ccccc2S1(=O)=O. The van der Waals surface area contributed by atoms with Gasteiger partial charge < -0.3 is 10.2 Å². The van der Waals surface area contributed by atoms with Gasteiger partial charge in [-0.1, -0.05) is 85.6 Å². The lowest BCUT2D eigenvalue weighted by Crippen LogP contribution is -2.51. The summed E-state index contributed by atoms with van der Waals surface area (Å²) in [4.78, 5) is 41.7. The average molecular weight is 631 g/mol. The Kier molecular flexibility index (Phi) is 10.3. The summed E-state index contributed by atoms with van der Waals surface area (Å²) in [5.41, 5.74) is 1.68. The molecule has 4 rings (SSSR count). The quantitative estimate of drug-likeness (QED) is 0.292. The molecule has 0 aliphatic carbocycles. The van der Waals surface area contributed by atoms with Crippen LogP contribution in [0.2, 0.25) is 10.0 Å². The summed E-state index contributed by atoms with van der Waals surface area (Å²) < 4.78 is 26.7. The maximum Gasteiger partial charge on any atom is 0.269 e. The molecule has 1 aliphatic rings. The molecule has 222 valence electrons.